The molecule has 1 aliphatic heterocycles. The van der Waals surface area contributed by atoms with Crippen molar-refractivity contribution in [1.82, 2.24) is 10.3 Å². The fraction of sp³-hybridized carbons (Fsp3) is 0.667. The van der Waals surface area contributed by atoms with Gasteiger partial charge in [0.05, 0.1) is 10.9 Å². The van der Waals surface area contributed by atoms with Crippen LogP contribution in [0.2, 0.25) is 5.02 Å². The van der Waals surface area contributed by atoms with Crippen LogP contribution in [-0.4, -0.2) is 36.2 Å². The van der Waals surface area contributed by atoms with E-state index >= 15 is 0 Å². The quantitative estimate of drug-likeness (QED) is 0.843. The molecule has 2 aliphatic rings. The average molecular weight is 390 g/mol. The molecule has 1 saturated carbocycles. The van der Waals surface area contributed by atoms with Crippen molar-refractivity contribution in [2.75, 3.05) is 18.0 Å². The second kappa shape index (κ2) is 8.03. The summed E-state index contributed by atoms with van der Waals surface area (Å²) >= 11 is 5.84. The van der Waals surface area contributed by atoms with Gasteiger partial charge in [0, 0.05) is 31.2 Å². The number of pyridine rings is 1. The largest absolute Gasteiger partial charge is 0.391 e. The molecule has 0 spiro atoms. The second-order valence-corrected chi connectivity index (χ2v) is 7.64. The summed E-state index contributed by atoms with van der Waals surface area (Å²) < 4.78 is 38.7. The van der Waals surface area contributed by atoms with Gasteiger partial charge in [0.25, 0.3) is 0 Å². The van der Waals surface area contributed by atoms with Gasteiger partial charge in [-0.3, -0.25) is 4.79 Å². The average Bonchev–Trinajstić information content (AvgIpc) is 2.62. The van der Waals surface area contributed by atoms with Crippen molar-refractivity contribution in [3.63, 3.8) is 0 Å². The Morgan fingerprint density at radius 3 is 2.54 bits per heavy atom. The van der Waals surface area contributed by atoms with Gasteiger partial charge in [0.1, 0.15) is 5.82 Å². The zero-order valence-electron chi connectivity index (χ0n) is 14.4. The van der Waals surface area contributed by atoms with E-state index in [1.807, 2.05) is 6.07 Å². The number of rotatable bonds is 3. The lowest BCUT2D eigenvalue weighted by Crippen LogP contribution is -2.46. The Balaban J connectivity index is 1.48. The lowest BCUT2D eigenvalue weighted by molar-refractivity contribution is -0.184. The first kappa shape index (κ1) is 19.3. The highest BCUT2D eigenvalue weighted by Gasteiger charge is 2.42. The molecule has 0 aromatic carbocycles. The first-order valence-corrected chi connectivity index (χ1v) is 9.44. The van der Waals surface area contributed by atoms with Gasteiger partial charge in [0.2, 0.25) is 5.91 Å². The third-order valence-corrected chi connectivity index (χ3v) is 5.61. The highest BCUT2D eigenvalue weighted by atomic mass is 35.5. The van der Waals surface area contributed by atoms with Gasteiger partial charge in [-0.25, -0.2) is 4.98 Å². The number of piperidine rings is 1. The fourth-order valence-electron chi connectivity index (χ4n) is 3.86. The van der Waals surface area contributed by atoms with Crippen LogP contribution in [0.1, 0.15) is 38.5 Å². The number of nitrogens with one attached hydrogen (secondary N) is 1. The van der Waals surface area contributed by atoms with E-state index in [4.69, 9.17) is 11.6 Å². The first-order chi connectivity index (χ1) is 12.3. The van der Waals surface area contributed by atoms with Crippen molar-refractivity contribution < 1.29 is 18.0 Å². The number of hydrogen-bond acceptors (Lipinski definition) is 3. The number of halogens is 4. The van der Waals surface area contributed by atoms with Crippen molar-refractivity contribution in [1.29, 1.82) is 0 Å². The molecule has 8 heteroatoms. The molecule has 1 aromatic heterocycles. The number of hydrogen-bond donors (Lipinski definition) is 1. The monoisotopic (exact) mass is 389 g/mol. The lowest BCUT2D eigenvalue weighted by atomic mass is 9.84. The SMILES string of the molecule is O=C(NC1CCCC(C(F)(F)F)C1)C1CCN(c2ccc(Cl)cn2)CC1. The van der Waals surface area contributed by atoms with Gasteiger partial charge < -0.3 is 10.2 Å². The molecule has 144 valence electrons. The zero-order chi connectivity index (χ0) is 18.7. The van der Waals surface area contributed by atoms with E-state index in [1.54, 1.807) is 12.3 Å². The van der Waals surface area contributed by atoms with Crippen molar-refractivity contribution in [2.45, 2.75) is 50.7 Å². The van der Waals surface area contributed by atoms with E-state index in [2.05, 4.69) is 15.2 Å². The van der Waals surface area contributed by atoms with Crippen LogP contribution in [0.4, 0.5) is 19.0 Å². The van der Waals surface area contributed by atoms with E-state index in [-0.39, 0.29) is 30.7 Å². The Morgan fingerprint density at radius 1 is 1.19 bits per heavy atom. The number of anilines is 1. The molecule has 0 bridgehead atoms. The molecule has 2 atom stereocenters. The Bertz CT molecular complexity index is 615. The van der Waals surface area contributed by atoms with Crippen molar-refractivity contribution >= 4 is 23.3 Å². The third kappa shape index (κ3) is 4.81. The highest BCUT2D eigenvalue weighted by molar-refractivity contribution is 6.30. The van der Waals surface area contributed by atoms with E-state index < -0.39 is 12.1 Å². The molecular formula is C18H23ClF3N3O. The van der Waals surface area contributed by atoms with Crippen LogP contribution in [0, 0.1) is 11.8 Å². The first-order valence-electron chi connectivity index (χ1n) is 9.06. The van der Waals surface area contributed by atoms with Crippen molar-refractivity contribution in [3.8, 4) is 0 Å². The predicted molar refractivity (Wildman–Crippen MR) is 94.1 cm³/mol. The summed E-state index contributed by atoms with van der Waals surface area (Å²) in [4.78, 5) is 18.8. The van der Waals surface area contributed by atoms with Gasteiger partial charge in [0.15, 0.2) is 0 Å². The number of amides is 1. The highest BCUT2D eigenvalue weighted by Crippen LogP contribution is 2.37. The second-order valence-electron chi connectivity index (χ2n) is 7.21. The Kier molecular flexibility index (Phi) is 5.95. The van der Waals surface area contributed by atoms with Crippen LogP contribution in [0.5, 0.6) is 0 Å². The van der Waals surface area contributed by atoms with Crippen LogP contribution >= 0.6 is 11.6 Å². The van der Waals surface area contributed by atoms with Crippen LogP contribution in [-0.2, 0) is 4.79 Å². The summed E-state index contributed by atoms with van der Waals surface area (Å²) in [6.45, 7) is 1.39. The Labute approximate surface area is 156 Å². The topological polar surface area (TPSA) is 45.2 Å². The maximum atomic E-state index is 12.9. The van der Waals surface area contributed by atoms with Gasteiger partial charge in [-0.15, -0.1) is 0 Å². The molecule has 2 unspecified atom stereocenters. The van der Waals surface area contributed by atoms with Crippen LogP contribution in [0.3, 0.4) is 0 Å². The maximum Gasteiger partial charge on any atom is 0.391 e. The molecule has 1 aliphatic carbocycles. The number of alkyl halides is 3. The van der Waals surface area contributed by atoms with Crippen molar-refractivity contribution in [3.05, 3.63) is 23.4 Å². The van der Waals surface area contributed by atoms with Crippen LogP contribution in [0.15, 0.2) is 18.3 Å². The van der Waals surface area contributed by atoms with Gasteiger partial charge in [-0.1, -0.05) is 18.0 Å². The summed E-state index contributed by atoms with van der Waals surface area (Å²) in [6.07, 6.45) is 0.0834. The minimum atomic E-state index is -4.17. The van der Waals surface area contributed by atoms with E-state index in [0.29, 0.717) is 43.8 Å². The van der Waals surface area contributed by atoms with E-state index in [9.17, 15) is 18.0 Å². The summed E-state index contributed by atoms with van der Waals surface area (Å²) in [7, 11) is 0. The molecule has 1 aromatic rings. The third-order valence-electron chi connectivity index (χ3n) is 5.39. The summed E-state index contributed by atoms with van der Waals surface area (Å²) in [5, 5.41) is 3.44. The van der Waals surface area contributed by atoms with E-state index in [1.165, 1.54) is 0 Å². The zero-order valence-corrected chi connectivity index (χ0v) is 15.2. The minimum Gasteiger partial charge on any atom is -0.357 e. The standard InChI is InChI=1S/C18H23ClF3N3O/c19-14-4-5-16(23-11-14)25-8-6-12(7-9-25)17(26)24-15-3-1-2-13(10-15)18(20,21)22/h4-5,11-13,15H,1-3,6-10H2,(H,24,26). The molecule has 1 N–H and O–H groups in total. The number of carbonyl (C=O) groups excluding carboxylic acids is 1. The molecule has 3 rings (SSSR count). The molecule has 1 saturated heterocycles. The van der Waals surface area contributed by atoms with Crippen molar-refractivity contribution in [2.24, 2.45) is 11.8 Å². The predicted octanol–water partition coefficient (Wildman–Crippen LogP) is 4.19. The van der Waals surface area contributed by atoms with Crippen LogP contribution < -0.4 is 10.2 Å². The van der Waals surface area contributed by atoms with Gasteiger partial charge in [-0.05, 0) is 44.2 Å². The molecular weight excluding hydrogens is 367 g/mol. The van der Waals surface area contributed by atoms with Gasteiger partial charge in [-0.2, -0.15) is 13.2 Å². The normalized spacial score (nSPS) is 25.2. The Hall–Kier alpha value is -1.50. The number of aromatic nitrogens is 1. The molecule has 4 nitrogen and oxygen atoms in total. The molecule has 2 fully saturated rings. The summed E-state index contributed by atoms with van der Waals surface area (Å²) in [6, 6.07) is 3.27. The Morgan fingerprint density at radius 2 is 1.92 bits per heavy atom. The molecule has 0 radical (unpaired) electrons. The molecule has 26 heavy (non-hydrogen) atoms. The fourth-order valence-corrected chi connectivity index (χ4v) is 3.97. The van der Waals surface area contributed by atoms with Crippen LogP contribution in [0.25, 0.3) is 0 Å². The maximum absolute atomic E-state index is 12.9. The lowest BCUT2D eigenvalue weighted by Gasteiger charge is -2.35. The van der Waals surface area contributed by atoms with Gasteiger partial charge >= 0.3 is 6.18 Å². The summed E-state index contributed by atoms with van der Waals surface area (Å²) in [5.41, 5.74) is 0. The number of nitrogens with zero attached hydrogens (tertiary/aromatic N) is 2. The summed E-state index contributed by atoms with van der Waals surface area (Å²) in [5.74, 6) is -0.723. The smallest absolute Gasteiger partial charge is 0.357 e. The number of carbonyl (C=O) groups is 1. The molecule has 2 heterocycles. The van der Waals surface area contributed by atoms with E-state index in [0.717, 1.165) is 5.82 Å². The molecule has 1 amide bonds. The minimum absolute atomic E-state index is 0.00276.